The lowest BCUT2D eigenvalue weighted by Crippen LogP contribution is -2.28. The summed E-state index contributed by atoms with van der Waals surface area (Å²) in [6.45, 7) is 5.24. The zero-order valence-electron chi connectivity index (χ0n) is 8.30. The van der Waals surface area contributed by atoms with Gasteiger partial charge in [-0.3, -0.25) is 0 Å². The third kappa shape index (κ3) is 2.44. The predicted octanol–water partition coefficient (Wildman–Crippen LogP) is 1.70. The molecule has 0 heterocycles. The van der Waals surface area contributed by atoms with Gasteiger partial charge in [0.25, 0.3) is 0 Å². The topological polar surface area (TPSA) is 40.5 Å². The number of aliphatic hydroxyl groups is 2. The van der Waals surface area contributed by atoms with E-state index in [1.807, 2.05) is 30.3 Å². The lowest BCUT2D eigenvalue weighted by Gasteiger charge is -2.22. The zero-order valence-corrected chi connectivity index (χ0v) is 8.30. The van der Waals surface area contributed by atoms with Crippen LogP contribution in [0.15, 0.2) is 43.0 Å². The Morgan fingerprint density at radius 2 is 1.79 bits per heavy atom. The molecular weight excluding hydrogens is 176 g/mol. The van der Waals surface area contributed by atoms with Gasteiger partial charge < -0.3 is 10.2 Å². The maximum Gasteiger partial charge on any atom is 0.0899 e. The van der Waals surface area contributed by atoms with Gasteiger partial charge in [0.1, 0.15) is 0 Å². The van der Waals surface area contributed by atoms with Crippen molar-refractivity contribution in [1.29, 1.82) is 0 Å². The molecule has 0 aliphatic heterocycles. The SMILES string of the molecule is C=C[C@H](c1ccccc1)[C@H](O)[C@@H](C)O. The molecule has 1 aromatic rings. The van der Waals surface area contributed by atoms with Crippen molar-refractivity contribution in [2.45, 2.75) is 25.0 Å². The molecule has 0 unspecified atom stereocenters. The Kier molecular flexibility index (Phi) is 3.86. The number of hydrogen-bond acceptors (Lipinski definition) is 2. The van der Waals surface area contributed by atoms with Crippen molar-refractivity contribution in [2.24, 2.45) is 0 Å². The van der Waals surface area contributed by atoms with Gasteiger partial charge in [-0.05, 0) is 12.5 Å². The molecule has 0 aliphatic carbocycles. The first-order valence-electron chi connectivity index (χ1n) is 4.70. The van der Waals surface area contributed by atoms with Crippen molar-refractivity contribution < 1.29 is 10.2 Å². The first-order chi connectivity index (χ1) is 6.66. The first-order valence-corrected chi connectivity index (χ1v) is 4.70. The summed E-state index contributed by atoms with van der Waals surface area (Å²) < 4.78 is 0. The van der Waals surface area contributed by atoms with E-state index >= 15 is 0 Å². The normalized spacial score (nSPS) is 17.1. The summed E-state index contributed by atoms with van der Waals surface area (Å²) >= 11 is 0. The smallest absolute Gasteiger partial charge is 0.0899 e. The molecule has 1 rings (SSSR count). The van der Waals surface area contributed by atoms with Gasteiger partial charge >= 0.3 is 0 Å². The van der Waals surface area contributed by atoms with Gasteiger partial charge in [0.2, 0.25) is 0 Å². The van der Waals surface area contributed by atoms with E-state index in [1.54, 1.807) is 13.0 Å². The highest BCUT2D eigenvalue weighted by Crippen LogP contribution is 2.22. The lowest BCUT2D eigenvalue weighted by molar-refractivity contribution is 0.0227. The molecule has 0 saturated heterocycles. The Hall–Kier alpha value is -1.12. The van der Waals surface area contributed by atoms with Crippen LogP contribution < -0.4 is 0 Å². The molecule has 0 aliphatic rings. The highest BCUT2D eigenvalue weighted by atomic mass is 16.3. The van der Waals surface area contributed by atoms with Crippen LogP contribution in [0, 0.1) is 0 Å². The molecule has 1 aromatic carbocycles. The monoisotopic (exact) mass is 192 g/mol. The average molecular weight is 192 g/mol. The Balaban J connectivity index is 2.88. The Bertz CT molecular complexity index is 280. The lowest BCUT2D eigenvalue weighted by atomic mass is 9.91. The van der Waals surface area contributed by atoms with E-state index in [-0.39, 0.29) is 5.92 Å². The molecule has 0 radical (unpaired) electrons. The van der Waals surface area contributed by atoms with E-state index in [1.165, 1.54) is 0 Å². The minimum Gasteiger partial charge on any atom is -0.391 e. The molecule has 3 atom stereocenters. The van der Waals surface area contributed by atoms with Gasteiger partial charge in [-0.15, -0.1) is 6.58 Å². The van der Waals surface area contributed by atoms with Gasteiger partial charge in [0.15, 0.2) is 0 Å². The molecule has 0 bridgehead atoms. The maximum absolute atomic E-state index is 9.72. The number of aliphatic hydroxyl groups excluding tert-OH is 2. The fraction of sp³-hybridized carbons (Fsp3) is 0.333. The fourth-order valence-electron chi connectivity index (χ4n) is 1.45. The molecule has 76 valence electrons. The van der Waals surface area contributed by atoms with Gasteiger partial charge in [-0.25, -0.2) is 0 Å². The maximum atomic E-state index is 9.72. The molecule has 0 aromatic heterocycles. The van der Waals surface area contributed by atoms with E-state index in [0.29, 0.717) is 0 Å². The second-order valence-corrected chi connectivity index (χ2v) is 3.40. The summed E-state index contributed by atoms with van der Waals surface area (Å²) in [7, 11) is 0. The van der Waals surface area contributed by atoms with Crippen LogP contribution >= 0.6 is 0 Å². The highest BCUT2D eigenvalue weighted by Gasteiger charge is 2.21. The molecule has 0 amide bonds. The molecule has 2 N–H and O–H groups in total. The molecule has 0 spiro atoms. The van der Waals surface area contributed by atoms with E-state index in [0.717, 1.165) is 5.56 Å². The van der Waals surface area contributed by atoms with Crippen molar-refractivity contribution in [3.05, 3.63) is 48.6 Å². The fourth-order valence-corrected chi connectivity index (χ4v) is 1.45. The average Bonchev–Trinajstić information content (AvgIpc) is 2.20. The summed E-state index contributed by atoms with van der Waals surface area (Å²) in [6, 6.07) is 9.55. The van der Waals surface area contributed by atoms with Crippen LogP contribution in [0.1, 0.15) is 18.4 Å². The summed E-state index contributed by atoms with van der Waals surface area (Å²) in [6.07, 6.45) is 0.111. The van der Waals surface area contributed by atoms with Crippen LogP contribution in [-0.2, 0) is 0 Å². The van der Waals surface area contributed by atoms with E-state index in [2.05, 4.69) is 6.58 Å². The largest absolute Gasteiger partial charge is 0.391 e. The third-order valence-electron chi connectivity index (χ3n) is 2.30. The van der Waals surface area contributed by atoms with Crippen LogP contribution in [0.2, 0.25) is 0 Å². The Morgan fingerprint density at radius 1 is 1.21 bits per heavy atom. The van der Waals surface area contributed by atoms with Crippen LogP contribution in [0.3, 0.4) is 0 Å². The van der Waals surface area contributed by atoms with Crippen molar-refractivity contribution in [2.75, 3.05) is 0 Å². The minimum atomic E-state index is -0.796. The quantitative estimate of drug-likeness (QED) is 0.713. The van der Waals surface area contributed by atoms with E-state index in [9.17, 15) is 10.2 Å². The zero-order chi connectivity index (χ0) is 10.6. The van der Waals surface area contributed by atoms with Gasteiger partial charge in [0, 0.05) is 5.92 Å². The van der Waals surface area contributed by atoms with Crippen LogP contribution in [-0.4, -0.2) is 22.4 Å². The van der Waals surface area contributed by atoms with Crippen molar-refractivity contribution in [1.82, 2.24) is 0 Å². The summed E-state index contributed by atoms with van der Waals surface area (Å²) in [5.74, 6) is -0.212. The Morgan fingerprint density at radius 3 is 2.21 bits per heavy atom. The van der Waals surface area contributed by atoms with Crippen LogP contribution in [0.25, 0.3) is 0 Å². The van der Waals surface area contributed by atoms with Crippen molar-refractivity contribution in [3.63, 3.8) is 0 Å². The summed E-state index contributed by atoms with van der Waals surface area (Å²) in [5, 5.41) is 19.0. The molecule has 0 fully saturated rings. The summed E-state index contributed by atoms with van der Waals surface area (Å²) in [5.41, 5.74) is 0.968. The van der Waals surface area contributed by atoms with Crippen molar-refractivity contribution >= 4 is 0 Å². The molecular formula is C12H16O2. The van der Waals surface area contributed by atoms with Gasteiger partial charge in [-0.2, -0.15) is 0 Å². The second kappa shape index (κ2) is 4.94. The molecule has 2 nitrogen and oxygen atoms in total. The second-order valence-electron chi connectivity index (χ2n) is 3.40. The molecule has 2 heteroatoms. The molecule has 14 heavy (non-hydrogen) atoms. The standard InChI is InChI=1S/C12H16O2/c1-3-11(12(14)9(2)13)10-7-5-4-6-8-10/h3-9,11-14H,1H2,2H3/t9-,11-,12-/m1/s1. The third-order valence-corrected chi connectivity index (χ3v) is 2.30. The van der Waals surface area contributed by atoms with Crippen LogP contribution in [0.5, 0.6) is 0 Å². The minimum absolute atomic E-state index is 0.212. The van der Waals surface area contributed by atoms with Crippen molar-refractivity contribution in [3.8, 4) is 0 Å². The van der Waals surface area contributed by atoms with Gasteiger partial charge in [-0.1, -0.05) is 36.4 Å². The predicted molar refractivity (Wildman–Crippen MR) is 57.1 cm³/mol. The first kappa shape index (κ1) is 11.0. The van der Waals surface area contributed by atoms with Crippen LogP contribution in [0.4, 0.5) is 0 Å². The highest BCUT2D eigenvalue weighted by molar-refractivity contribution is 5.24. The molecule has 0 saturated carbocycles. The van der Waals surface area contributed by atoms with E-state index in [4.69, 9.17) is 0 Å². The summed E-state index contributed by atoms with van der Waals surface area (Å²) in [4.78, 5) is 0. The van der Waals surface area contributed by atoms with Gasteiger partial charge in [0.05, 0.1) is 12.2 Å². The number of benzene rings is 1. The number of rotatable bonds is 4. The van der Waals surface area contributed by atoms with E-state index < -0.39 is 12.2 Å². The number of hydrogen-bond donors (Lipinski definition) is 2. The Labute approximate surface area is 84.5 Å².